The Morgan fingerprint density at radius 3 is 2.64 bits per heavy atom. The van der Waals surface area contributed by atoms with Gasteiger partial charge < -0.3 is 24.1 Å². The van der Waals surface area contributed by atoms with Gasteiger partial charge in [0.25, 0.3) is 0 Å². The molecule has 0 bridgehead atoms. The molecule has 236 valence electrons. The number of hydrogen-bond donors (Lipinski definition) is 1. The van der Waals surface area contributed by atoms with Crippen LogP contribution in [-0.2, 0) is 21.1 Å². The van der Waals surface area contributed by atoms with Gasteiger partial charge in [0.1, 0.15) is 0 Å². The van der Waals surface area contributed by atoms with E-state index >= 15 is 4.39 Å². The normalized spacial score (nSPS) is 20.2. The second-order valence-corrected chi connectivity index (χ2v) is 19.6. The number of carbonyl (C=O) groups excluding carboxylic acids is 1. The van der Waals surface area contributed by atoms with Crippen LogP contribution in [0.1, 0.15) is 56.0 Å². The Morgan fingerprint density at radius 2 is 1.93 bits per heavy atom. The summed E-state index contributed by atoms with van der Waals surface area (Å²) in [5.74, 6) is -0.816. The van der Waals surface area contributed by atoms with E-state index in [2.05, 4.69) is 53.6 Å². The zero-order chi connectivity index (χ0) is 31.7. The van der Waals surface area contributed by atoms with Crippen molar-refractivity contribution in [1.29, 1.82) is 0 Å². The average molecular weight is 666 g/mol. The maximum Gasteiger partial charge on any atom is 0.586 e. The quantitative estimate of drug-likeness (QED) is 0.245. The topological polar surface area (TPSA) is 72.9 Å². The molecule has 44 heavy (non-hydrogen) atoms. The van der Waals surface area contributed by atoms with Crippen LogP contribution in [0.25, 0.3) is 0 Å². The maximum atomic E-state index is 15.9. The number of hydrogen-bond acceptors (Lipinski definition) is 7. The lowest BCUT2D eigenvalue weighted by molar-refractivity contribution is -0.286. The molecule has 3 heterocycles. The van der Waals surface area contributed by atoms with Crippen LogP contribution in [0.15, 0.2) is 36.5 Å². The first kappa shape index (κ1) is 31.2. The van der Waals surface area contributed by atoms with Gasteiger partial charge in [0.2, 0.25) is 5.91 Å². The molecule has 3 aliphatic rings. The predicted octanol–water partition coefficient (Wildman–Crippen LogP) is 8.12. The number of carbonyl (C=O) groups is 1. The number of halogens is 4. The van der Waals surface area contributed by atoms with Crippen molar-refractivity contribution in [3.8, 4) is 11.5 Å². The molecule has 1 amide bonds. The average Bonchev–Trinajstić information content (AvgIpc) is 3.24. The number of amides is 1. The summed E-state index contributed by atoms with van der Waals surface area (Å²) in [6.07, 6.45) is 0.130. The lowest BCUT2D eigenvalue weighted by Crippen LogP contribution is -2.44. The predicted molar refractivity (Wildman–Crippen MR) is 167 cm³/mol. The minimum Gasteiger partial charge on any atom is -0.412 e. The van der Waals surface area contributed by atoms with Gasteiger partial charge >= 0.3 is 6.29 Å². The Kier molecular flexibility index (Phi) is 7.74. The van der Waals surface area contributed by atoms with E-state index in [1.54, 1.807) is 24.4 Å². The Balaban J connectivity index is 1.12. The third-order valence-electron chi connectivity index (χ3n) is 9.15. The zero-order valence-corrected chi connectivity index (χ0v) is 27.8. The summed E-state index contributed by atoms with van der Waals surface area (Å²) >= 11 is 7.78. The number of fused-ring (bicyclic) bond motifs is 1. The van der Waals surface area contributed by atoms with Gasteiger partial charge in [-0.15, -0.1) is 20.1 Å². The van der Waals surface area contributed by atoms with Gasteiger partial charge in [-0.25, -0.2) is 9.37 Å². The standard InChI is InChI=1S/C31H35ClF3N3O4SSi/c1-29(2,3)44(4,5)42-20-10-13-38(17-20)26-22(32)8-6-18(25(26)33)14-21-16-36-28(43-21)37-27(39)30(11-12-30)19-7-9-23-24(15-19)41-31(34,35)40-23/h6-9,15-16,20H,10-14,17H2,1-5H3,(H,36,37,39)/t20-/m1/s1. The molecule has 3 aromatic rings. The molecule has 0 radical (unpaired) electrons. The second-order valence-electron chi connectivity index (χ2n) is 13.3. The highest BCUT2D eigenvalue weighted by Crippen LogP contribution is 2.52. The van der Waals surface area contributed by atoms with Crippen LogP contribution < -0.4 is 19.7 Å². The van der Waals surface area contributed by atoms with Gasteiger partial charge in [0.05, 0.1) is 22.2 Å². The summed E-state index contributed by atoms with van der Waals surface area (Å²) in [4.78, 5) is 20.4. The van der Waals surface area contributed by atoms with E-state index in [9.17, 15) is 13.6 Å². The van der Waals surface area contributed by atoms with Crippen molar-refractivity contribution in [2.75, 3.05) is 23.3 Å². The molecule has 13 heteroatoms. The Bertz CT molecular complexity index is 1610. The number of ether oxygens (including phenoxy) is 2. The number of aromatic nitrogens is 1. The van der Waals surface area contributed by atoms with Crippen LogP contribution in [0.3, 0.4) is 0 Å². The van der Waals surface area contributed by atoms with Crippen molar-refractivity contribution in [2.45, 2.75) is 82.4 Å². The Morgan fingerprint density at radius 1 is 1.20 bits per heavy atom. The summed E-state index contributed by atoms with van der Waals surface area (Å²) in [5.41, 5.74) is 0.582. The van der Waals surface area contributed by atoms with Crippen LogP contribution in [0.4, 0.5) is 24.0 Å². The monoisotopic (exact) mass is 665 g/mol. The third-order valence-corrected chi connectivity index (χ3v) is 14.9. The van der Waals surface area contributed by atoms with Crippen molar-refractivity contribution in [3.63, 3.8) is 0 Å². The van der Waals surface area contributed by atoms with Crippen molar-refractivity contribution in [2.24, 2.45) is 0 Å². The second kappa shape index (κ2) is 10.9. The third kappa shape index (κ3) is 5.93. The molecule has 1 aliphatic carbocycles. The van der Waals surface area contributed by atoms with Gasteiger partial charge in [0, 0.05) is 30.6 Å². The number of rotatable bonds is 8. The molecule has 1 atom stereocenters. The van der Waals surface area contributed by atoms with Gasteiger partial charge in [-0.1, -0.05) is 44.5 Å². The van der Waals surface area contributed by atoms with E-state index in [4.69, 9.17) is 16.0 Å². The SMILES string of the molecule is CC(C)(C)[Si](C)(C)O[C@@H]1CCN(c2c(Cl)ccc(Cc3cnc(NC(=O)C4(c5ccc6c(c5)OC(F)(F)O6)CC4)s3)c2F)C1. The Labute approximate surface area is 264 Å². The van der Waals surface area contributed by atoms with Gasteiger partial charge in [-0.3, -0.25) is 4.79 Å². The van der Waals surface area contributed by atoms with Gasteiger partial charge in [-0.05, 0) is 66.7 Å². The minimum absolute atomic E-state index is 0.0241. The van der Waals surface area contributed by atoms with Crippen LogP contribution in [-0.4, -0.2) is 44.7 Å². The van der Waals surface area contributed by atoms with E-state index in [1.165, 1.54) is 23.5 Å². The Hall–Kier alpha value is -2.80. The molecule has 1 saturated heterocycles. The molecular formula is C31H35ClF3N3O4SSi. The molecule has 1 saturated carbocycles. The minimum atomic E-state index is -3.72. The van der Waals surface area contributed by atoms with E-state index < -0.39 is 20.0 Å². The molecule has 0 spiro atoms. The van der Waals surface area contributed by atoms with Crippen molar-refractivity contribution >= 4 is 48.0 Å². The first-order valence-corrected chi connectivity index (χ1v) is 18.7. The molecule has 2 aromatic carbocycles. The molecule has 7 nitrogen and oxygen atoms in total. The van der Waals surface area contributed by atoms with Crippen LogP contribution in [0.5, 0.6) is 11.5 Å². The molecule has 2 fully saturated rings. The van der Waals surface area contributed by atoms with Crippen molar-refractivity contribution in [1.82, 2.24) is 4.98 Å². The number of nitrogens with one attached hydrogen (secondary N) is 1. The fourth-order valence-corrected chi connectivity index (χ4v) is 7.98. The number of anilines is 2. The van der Waals surface area contributed by atoms with Gasteiger partial charge in [-0.2, -0.15) is 0 Å². The molecule has 6 rings (SSSR count). The highest BCUT2D eigenvalue weighted by Gasteiger charge is 2.53. The maximum absolute atomic E-state index is 15.9. The molecule has 1 aromatic heterocycles. The number of benzene rings is 2. The first-order valence-electron chi connectivity index (χ1n) is 14.6. The number of thiazole rings is 1. The van der Waals surface area contributed by atoms with E-state index in [0.29, 0.717) is 52.9 Å². The fourth-order valence-electron chi connectivity index (χ4n) is 5.50. The summed E-state index contributed by atoms with van der Waals surface area (Å²) in [7, 11) is -1.96. The lowest BCUT2D eigenvalue weighted by atomic mass is 9.94. The summed E-state index contributed by atoms with van der Waals surface area (Å²) in [6, 6.07) is 7.82. The summed E-state index contributed by atoms with van der Waals surface area (Å²) < 4.78 is 58.5. The number of nitrogens with zero attached hydrogens (tertiary/aromatic N) is 2. The van der Waals surface area contributed by atoms with Crippen LogP contribution in [0.2, 0.25) is 23.2 Å². The molecule has 0 unspecified atom stereocenters. The van der Waals surface area contributed by atoms with Crippen molar-refractivity contribution < 1.29 is 31.9 Å². The fraction of sp³-hybridized carbons (Fsp3) is 0.484. The largest absolute Gasteiger partial charge is 0.586 e. The summed E-state index contributed by atoms with van der Waals surface area (Å²) in [5, 5.41) is 3.68. The molecule has 1 N–H and O–H groups in total. The van der Waals surface area contributed by atoms with E-state index in [-0.39, 0.29) is 40.8 Å². The highest BCUT2D eigenvalue weighted by molar-refractivity contribution is 7.15. The van der Waals surface area contributed by atoms with Gasteiger partial charge in [0.15, 0.2) is 30.8 Å². The summed E-state index contributed by atoms with van der Waals surface area (Å²) in [6.45, 7) is 12.3. The molecular weight excluding hydrogens is 631 g/mol. The van der Waals surface area contributed by atoms with Crippen LogP contribution in [0, 0.1) is 5.82 Å². The zero-order valence-electron chi connectivity index (χ0n) is 25.2. The smallest absolute Gasteiger partial charge is 0.412 e. The number of alkyl halides is 2. The highest BCUT2D eigenvalue weighted by atomic mass is 35.5. The van der Waals surface area contributed by atoms with Crippen molar-refractivity contribution in [3.05, 3.63) is 63.4 Å². The lowest BCUT2D eigenvalue weighted by Gasteiger charge is -2.38. The first-order chi connectivity index (χ1) is 20.6. The van der Waals surface area contributed by atoms with Crippen LogP contribution >= 0.6 is 22.9 Å². The van der Waals surface area contributed by atoms with E-state index in [0.717, 1.165) is 11.3 Å². The molecule has 2 aliphatic heterocycles. The van der Waals surface area contributed by atoms with E-state index in [1.807, 2.05) is 4.90 Å².